The van der Waals surface area contributed by atoms with E-state index in [2.05, 4.69) is 13.8 Å². The number of benzene rings is 1. The van der Waals surface area contributed by atoms with Crippen LogP contribution < -0.4 is 10.5 Å². The lowest BCUT2D eigenvalue weighted by atomic mass is 9.99. The number of carbonyl (C=O) groups is 1. The van der Waals surface area contributed by atoms with E-state index >= 15 is 0 Å². The van der Waals surface area contributed by atoms with Gasteiger partial charge in [0.2, 0.25) is 0 Å². The van der Waals surface area contributed by atoms with Crippen LogP contribution in [0, 0.1) is 6.92 Å². The number of rotatable bonds is 3. The highest BCUT2D eigenvalue weighted by Gasteiger charge is 2.29. The zero-order chi connectivity index (χ0) is 17.3. The van der Waals surface area contributed by atoms with Crippen molar-refractivity contribution in [3.63, 3.8) is 0 Å². The first-order chi connectivity index (χ1) is 11.5. The summed E-state index contributed by atoms with van der Waals surface area (Å²) in [4.78, 5) is 16.8. The maximum absolute atomic E-state index is 12.9. The molecule has 5 heteroatoms. The summed E-state index contributed by atoms with van der Waals surface area (Å²) in [6.45, 7) is 4.90. The van der Waals surface area contributed by atoms with Gasteiger partial charge in [0.25, 0.3) is 5.91 Å². The van der Waals surface area contributed by atoms with Gasteiger partial charge < -0.3 is 15.4 Å². The van der Waals surface area contributed by atoms with E-state index in [1.807, 2.05) is 35.2 Å². The highest BCUT2D eigenvalue weighted by atomic mass is 32.1. The Balaban J connectivity index is 1.84. The van der Waals surface area contributed by atoms with Crippen LogP contribution in [0.5, 0.6) is 5.75 Å². The van der Waals surface area contributed by atoms with Gasteiger partial charge in [-0.05, 0) is 56.0 Å². The van der Waals surface area contributed by atoms with Gasteiger partial charge in [0.05, 0.1) is 12.0 Å². The van der Waals surface area contributed by atoms with E-state index in [4.69, 9.17) is 10.5 Å². The smallest absolute Gasteiger partial charge is 0.264 e. The Labute approximate surface area is 147 Å². The SMILES string of the molecule is COc1ccc(-c2cc(C(=O)N3CC[C@H](N)C[C@@H]3C)sc2C)cc1. The quantitative estimate of drug-likeness (QED) is 0.924. The number of aryl methyl sites for hydroxylation is 1. The van der Waals surface area contributed by atoms with E-state index in [1.165, 1.54) is 0 Å². The summed E-state index contributed by atoms with van der Waals surface area (Å²) >= 11 is 1.57. The molecule has 2 N–H and O–H groups in total. The summed E-state index contributed by atoms with van der Waals surface area (Å²) in [6, 6.07) is 10.4. The fourth-order valence-electron chi connectivity index (χ4n) is 3.30. The van der Waals surface area contributed by atoms with Crippen molar-refractivity contribution in [2.24, 2.45) is 5.73 Å². The van der Waals surface area contributed by atoms with Gasteiger partial charge >= 0.3 is 0 Å². The molecular weight excluding hydrogens is 320 g/mol. The Morgan fingerprint density at radius 3 is 2.67 bits per heavy atom. The molecule has 2 atom stereocenters. The molecule has 1 aliphatic heterocycles. The summed E-state index contributed by atoms with van der Waals surface area (Å²) in [5.74, 6) is 0.962. The Morgan fingerprint density at radius 2 is 2.04 bits per heavy atom. The van der Waals surface area contributed by atoms with Crippen molar-refractivity contribution >= 4 is 17.2 Å². The molecule has 0 spiro atoms. The van der Waals surface area contributed by atoms with Gasteiger partial charge in [-0.2, -0.15) is 0 Å². The number of ether oxygens (including phenoxy) is 1. The average Bonchev–Trinajstić information content (AvgIpc) is 2.96. The fraction of sp³-hybridized carbons (Fsp3) is 0.421. The predicted octanol–water partition coefficient (Wildman–Crippen LogP) is 3.68. The number of likely N-dealkylation sites (tertiary alicyclic amines) is 1. The number of nitrogens with two attached hydrogens (primary N) is 1. The maximum Gasteiger partial charge on any atom is 0.264 e. The van der Waals surface area contributed by atoms with Crippen LogP contribution in [-0.2, 0) is 0 Å². The van der Waals surface area contributed by atoms with Gasteiger partial charge in [-0.3, -0.25) is 4.79 Å². The second-order valence-corrected chi connectivity index (χ2v) is 7.70. The van der Waals surface area contributed by atoms with Crippen LogP contribution in [-0.4, -0.2) is 36.5 Å². The minimum atomic E-state index is 0.127. The Morgan fingerprint density at radius 1 is 1.33 bits per heavy atom. The summed E-state index contributed by atoms with van der Waals surface area (Å²) < 4.78 is 5.21. The van der Waals surface area contributed by atoms with Gasteiger partial charge in [0.15, 0.2) is 0 Å². The third-order valence-corrected chi connectivity index (χ3v) is 5.75. The van der Waals surface area contributed by atoms with E-state index in [9.17, 15) is 4.79 Å². The lowest BCUT2D eigenvalue weighted by Crippen LogP contribution is -2.48. The topological polar surface area (TPSA) is 55.6 Å². The zero-order valence-electron chi connectivity index (χ0n) is 14.4. The highest BCUT2D eigenvalue weighted by molar-refractivity contribution is 7.14. The van der Waals surface area contributed by atoms with Gasteiger partial charge in [0, 0.05) is 23.5 Å². The molecule has 0 unspecified atom stereocenters. The first kappa shape index (κ1) is 17.0. The predicted molar refractivity (Wildman–Crippen MR) is 98.8 cm³/mol. The number of hydrogen-bond acceptors (Lipinski definition) is 4. The molecule has 1 aliphatic rings. The molecule has 128 valence electrons. The molecule has 2 aromatic rings. The van der Waals surface area contributed by atoms with Crippen LogP contribution in [0.3, 0.4) is 0 Å². The molecule has 1 fully saturated rings. The molecule has 0 bridgehead atoms. The fourth-order valence-corrected chi connectivity index (χ4v) is 4.29. The third kappa shape index (κ3) is 3.32. The lowest BCUT2D eigenvalue weighted by Gasteiger charge is -2.36. The zero-order valence-corrected chi connectivity index (χ0v) is 15.2. The van der Waals surface area contributed by atoms with Crippen molar-refractivity contribution in [1.82, 2.24) is 4.90 Å². The molecule has 1 amide bonds. The minimum Gasteiger partial charge on any atom is -0.497 e. The van der Waals surface area contributed by atoms with Gasteiger partial charge in [-0.1, -0.05) is 12.1 Å². The maximum atomic E-state index is 12.9. The molecule has 1 aromatic heterocycles. The van der Waals surface area contributed by atoms with E-state index < -0.39 is 0 Å². The number of hydrogen-bond donors (Lipinski definition) is 1. The Kier molecular flexibility index (Phi) is 4.92. The first-order valence-electron chi connectivity index (χ1n) is 8.31. The average molecular weight is 344 g/mol. The van der Waals surface area contributed by atoms with Gasteiger partial charge in [-0.25, -0.2) is 0 Å². The minimum absolute atomic E-state index is 0.127. The van der Waals surface area contributed by atoms with E-state index in [-0.39, 0.29) is 18.0 Å². The van der Waals surface area contributed by atoms with Crippen molar-refractivity contribution < 1.29 is 9.53 Å². The van der Waals surface area contributed by atoms with E-state index in [0.717, 1.165) is 46.0 Å². The number of thiophene rings is 1. The molecule has 24 heavy (non-hydrogen) atoms. The third-order valence-electron chi connectivity index (χ3n) is 4.71. The van der Waals surface area contributed by atoms with Crippen LogP contribution in [0.25, 0.3) is 11.1 Å². The number of methoxy groups -OCH3 is 1. The molecule has 1 saturated heterocycles. The van der Waals surface area contributed by atoms with Gasteiger partial charge in [0.1, 0.15) is 5.75 Å². The summed E-state index contributed by atoms with van der Waals surface area (Å²) in [5, 5.41) is 0. The van der Waals surface area contributed by atoms with Crippen LogP contribution in [0.4, 0.5) is 0 Å². The van der Waals surface area contributed by atoms with Crippen molar-refractivity contribution in [3.05, 3.63) is 40.1 Å². The molecule has 0 saturated carbocycles. The monoisotopic (exact) mass is 344 g/mol. The molecule has 3 rings (SSSR count). The van der Waals surface area contributed by atoms with Crippen LogP contribution >= 0.6 is 11.3 Å². The first-order valence-corrected chi connectivity index (χ1v) is 9.12. The second kappa shape index (κ2) is 6.95. The molecule has 0 aliphatic carbocycles. The molecule has 4 nitrogen and oxygen atoms in total. The van der Waals surface area contributed by atoms with E-state index in [0.29, 0.717) is 0 Å². The van der Waals surface area contributed by atoms with Crippen LogP contribution in [0.15, 0.2) is 30.3 Å². The lowest BCUT2D eigenvalue weighted by molar-refractivity contribution is 0.0624. The van der Waals surface area contributed by atoms with Crippen LogP contribution in [0.2, 0.25) is 0 Å². The highest BCUT2D eigenvalue weighted by Crippen LogP contribution is 2.33. The standard InChI is InChI=1S/C19H24N2O2S/c1-12-10-15(20)8-9-21(12)19(22)18-11-17(13(2)24-18)14-4-6-16(23-3)7-5-14/h4-7,11-12,15H,8-10,20H2,1-3H3/t12-,15-/m0/s1. The molecule has 2 heterocycles. The Hall–Kier alpha value is -1.85. The summed E-state index contributed by atoms with van der Waals surface area (Å²) in [6.07, 6.45) is 1.76. The summed E-state index contributed by atoms with van der Waals surface area (Å²) in [7, 11) is 1.66. The van der Waals surface area contributed by atoms with Crippen molar-refractivity contribution in [1.29, 1.82) is 0 Å². The molecular formula is C19H24N2O2S. The van der Waals surface area contributed by atoms with Crippen LogP contribution in [0.1, 0.15) is 34.3 Å². The second-order valence-electron chi connectivity index (χ2n) is 6.44. The molecule has 1 aromatic carbocycles. The largest absolute Gasteiger partial charge is 0.497 e. The number of carbonyl (C=O) groups excluding carboxylic acids is 1. The van der Waals surface area contributed by atoms with Crippen molar-refractivity contribution in [2.75, 3.05) is 13.7 Å². The van der Waals surface area contributed by atoms with Gasteiger partial charge in [-0.15, -0.1) is 11.3 Å². The number of nitrogens with zero attached hydrogens (tertiary/aromatic N) is 1. The normalized spacial score (nSPS) is 20.9. The van der Waals surface area contributed by atoms with Crippen molar-refractivity contribution in [2.45, 2.75) is 38.8 Å². The molecule has 0 radical (unpaired) electrons. The van der Waals surface area contributed by atoms with Crippen molar-refractivity contribution in [3.8, 4) is 16.9 Å². The van der Waals surface area contributed by atoms with E-state index in [1.54, 1.807) is 18.4 Å². The Bertz CT molecular complexity index is 723. The number of piperidine rings is 1. The summed E-state index contributed by atoms with van der Waals surface area (Å²) in [5.41, 5.74) is 8.24. The number of amides is 1.